The molecule has 0 aromatic heterocycles. The summed E-state index contributed by atoms with van der Waals surface area (Å²) in [6, 6.07) is 3.43. The van der Waals surface area contributed by atoms with Gasteiger partial charge in [0.2, 0.25) is 0 Å². The van der Waals surface area contributed by atoms with Crippen LogP contribution in [0.4, 0.5) is 10.1 Å². The van der Waals surface area contributed by atoms with Gasteiger partial charge in [-0.25, -0.2) is 4.39 Å². The summed E-state index contributed by atoms with van der Waals surface area (Å²) in [4.78, 5) is 10.0. The first kappa shape index (κ1) is 14.8. The monoisotopic (exact) mass is 284 g/mol. The second-order valence-corrected chi connectivity index (χ2v) is 4.82. The third kappa shape index (κ3) is 4.22. The van der Waals surface area contributed by atoms with Crippen LogP contribution in [0.3, 0.4) is 0 Å². The molecule has 1 fully saturated rings. The number of nitro benzene ring substituents is 1. The molecular formula is C13H17FN2O4. The van der Waals surface area contributed by atoms with Crippen LogP contribution in [0.5, 0.6) is 0 Å². The Balaban J connectivity index is 1.86. The lowest BCUT2D eigenvalue weighted by Gasteiger charge is -2.28. The summed E-state index contributed by atoms with van der Waals surface area (Å²) in [7, 11) is 0. The second-order valence-electron chi connectivity index (χ2n) is 4.82. The Morgan fingerprint density at radius 3 is 3.00 bits per heavy atom. The predicted molar refractivity (Wildman–Crippen MR) is 69.9 cm³/mol. The lowest BCUT2D eigenvalue weighted by molar-refractivity contribution is -0.385. The van der Waals surface area contributed by atoms with Crippen LogP contribution >= 0.6 is 0 Å². The van der Waals surface area contributed by atoms with Crippen LogP contribution in [0, 0.1) is 15.9 Å². The maximum atomic E-state index is 13.2. The summed E-state index contributed by atoms with van der Waals surface area (Å²) in [6.45, 7) is 3.96. The molecular weight excluding hydrogens is 267 g/mol. The van der Waals surface area contributed by atoms with E-state index in [4.69, 9.17) is 9.47 Å². The number of ether oxygens (including phenoxy) is 2. The number of nitro groups is 1. The van der Waals surface area contributed by atoms with Crippen LogP contribution in [-0.4, -0.2) is 36.8 Å². The molecule has 1 N–H and O–H groups in total. The van der Waals surface area contributed by atoms with Gasteiger partial charge in [-0.05, 0) is 18.6 Å². The molecule has 1 aromatic rings. The van der Waals surface area contributed by atoms with Crippen molar-refractivity contribution >= 4 is 5.69 Å². The van der Waals surface area contributed by atoms with Crippen LogP contribution in [0.1, 0.15) is 12.5 Å². The first-order chi connectivity index (χ1) is 9.54. The van der Waals surface area contributed by atoms with E-state index >= 15 is 0 Å². The van der Waals surface area contributed by atoms with Gasteiger partial charge in [0.05, 0.1) is 36.4 Å². The van der Waals surface area contributed by atoms with E-state index in [0.29, 0.717) is 18.7 Å². The third-order valence-electron chi connectivity index (χ3n) is 2.95. The fourth-order valence-corrected chi connectivity index (χ4v) is 2.10. The number of morpholine rings is 1. The van der Waals surface area contributed by atoms with Gasteiger partial charge >= 0.3 is 0 Å². The zero-order valence-electron chi connectivity index (χ0n) is 11.2. The number of nitrogens with one attached hydrogen (secondary N) is 1. The minimum Gasteiger partial charge on any atom is -0.374 e. The molecule has 1 aliphatic rings. The quantitative estimate of drug-likeness (QED) is 0.657. The molecule has 0 spiro atoms. The summed E-state index contributed by atoms with van der Waals surface area (Å²) in [6.07, 6.45) is 0.0786. The summed E-state index contributed by atoms with van der Waals surface area (Å²) in [5.74, 6) is -0.637. The highest BCUT2D eigenvalue weighted by Gasteiger charge is 2.18. The zero-order chi connectivity index (χ0) is 14.5. The predicted octanol–water partition coefficient (Wildman–Crippen LogP) is 1.63. The summed E-state index contributed by atoms with van der Waals surface area (Å²) in [5, 5.41) is 13.8. The molecule has 6 nitrogen and oxygen atoms in total. The average molecular weight is 284 g/mol. The molecule has 2 rings (SSSR count). The molecule has 1 aliphatic heterocycles. The molecule has 1 aromatic carbocycles. The Labute approximate surface area is 116 Å². The molecule has 7 heteroatoms. The summed E-state index contributed by atoms with van der Waals surface area (Å²) in [5.41, 5.74) is 0.168. The van der Waals surface area contributed by atoms with E-state index < -0.39 is 10.7 Å². The van der Waals surface area contributed by atoms with E-state index in [1.807, 2.05) is 6.92 Å². The van der Waals surface area contributed by atoms with Crippen molar-refractivity contribution in [3.8, 4) is 0 Å². The van der Waals surface area contributed by atoms with Gasteiger partial charge in [-0.2, -0.15) is 0 Å². The Kier molecular flexibility index (Phi) is 4.99. The fourth-order valence-electron chi connectivity index (χ4n) is 2.10. The number of nitrogens with zero attached hydrogens (tertiary/aromatic N) is 1. The lowest BCUT2D eigenvalue weighted by Crippen LogP contribution is -2.45. The molecule has 0 saturated carbocycles. The van der Waals surface area contributed by atoms with Gasteiger partial charge in [0.25, 0.3) is 5.69 Å². The maximum absolute atomic E-state index is 13.2. The number of rotatable bonds is 5. The van der Waals surface area contributed by atoms with Crippen molar-refractivity contribution < 1.29 is 18.8 Å². The summed E-state index contributed by atoms with van der Waals surface area (Å²) < 4.78 is 24.3. The lowest BCUT2D eigenvalue weighted by atomic mass is 10.2. The molecule has 0 bridgehead atoms. The van der Waals surface area contributed by atoms with Crippen molar-refractivity contribution in [2.24, 2.45) is 0 Å². The standard InChI is InChI=1S/C13H17FN2O4/c1-9-5-15-6-13(20-9)8-19-7-10-2-11(14)4-12(3-10)16(17)18/h2-4,9,13,15H,5-8H2,1H3. The first-order valence-corrected chi connectivity index (χ1v) is 6.42. The SMILES string of the molecule is CC1CNCC(COCc2cc(F)cc([N+](=O)[O-])c2)O1. The molecule has 2 unspecified atom stereocenters. The van der Waals surface area contributed by atoms with Gasteiger partial charge in [-0.1, -0.05) is 0 Å². The Bertz CT molecular complexity index is 483. The van der Waals surface area contributed by atoms with Crippen molar-refractivity contribution in [2.45, 2.75) is 25.7 Å². The van der Waals surface area contributed by atoms with Gasteiger partial charge in [0.15, 0.2) is 0 Å². The third-order valence-corrected chi connectivity index (χ3v) is 2.95. The average Bonchev–Trinajstić information content (AvgIpc) is 2.38. The molecule has 110 valence electrons. The van der Waals surface area contributed by atoms with Crippen molar-refractivity contribution in [1.29, 1.82) is 0 Å². The maximum Gasteiger partial charge on any atom is 0.272 e. The molecule has 0 amide bonds. The van der Waals surface area contributed by atoms with Gasteiger partial charge in [0, 0.05) is 19.2 Å². The van der Waals surface area contributed by atoms with E-state index in [2.05, 4.69) is 5.32 Å². The van der Waals surface area contributed by atoms with E-state index in [1.165, 1.54) is 12.1 Å². The molecule has 0 aliphatic carbocycles. The van der Waals surface area contributed by atoms with Crippen LogP contribution in [-0.2, 0) is 16.1 Å². The highest BCUT2D eigenvalue weighted by atomic mass is 19.1. The largest absolute Gasteiger partial charge is 0.374 e. The number of benzene rings is 1. The number of non-ortho nitro benzene ring substituents is 1. The van der Waals surface area contributed by atoms with Crippen LogP contribution in [0.25, 0.3) is 0 Å². The fraction of sp³-hybridized carbons (Fsp3) is 0.538. The smallest absolute Gasteiger partial charge is 0.272 e. The number of hydrogen-bond acceptors (Lipinski definition) is 5. The normalized spacial score (nSPS) is 22.7. The van der Waals surface area contributed by atoms with Crippen molar-refractivity contribution in [1.82, 2.24) is 5.32 Å². The highest BCUT2D eigenvalue weighted by Crippen LogP contribution is 2.17. The van der Waals surface area contributed by atoms with E-state index in [9.17, 15) is 14.5 Å². The Hall–Kier alpha value is -1.57. The highest BCUT2D eigenvalue weighted by molar-refractivity contribution is 5.34. The van der Waals surface area contributed by atoms with Crippen LogP contribution < -0.4 is 5.32 Å². The topological polar surface area (TPSA) is 73.6 Å². The van der Waals surface area contributed by atoms with Crippen molar-refractivity contribution in [3.05, 3.63) is 39.7 Å². The zero-order valence-corrected chi connectivity index (χ0v) is 11.2. The van der Waals surface area contributed by atoms with Crippen LogP contribution in [0.2, 0.25) is 0 Å². The van der Waals surface area contributed by atoms with Gasteiger partial charge in [0.1, 0.15) is 5.82 Å². The van der Waals surface area contributed by atoms with E-state index in [-0.39, 0.29) is 24.5 Å². The van der Waals surface area contributed by atoms with Crippen molar-refractivity contribution in [3.63, 3.8) is 0 Å². The molecule has 1 heterocycles. The Morgan fingerprint density at radius 1 is 1.50 bits per heavy atom. The number of halogens is 1. The Morgan fingerprint density at radius 2 is 2.30 bits per heavy atom. The van der Waals surface area contributed by atoms with Crippen LogP contribution in [0.15, 0.2) is 18.2 Å². The summed E-state index contributed by atoms with van der Waals surface area (Å²) >= 11 is 0. The molecule has 2 atom stereocenters. The van der Waals surface area contributed by atoms with E-state index in [0.717, 1.165) is 12.6 Å². The second kappa shape index (κ2) is 6.74. The van der Waals surface area contributed by atoms with Gasteiger partial charge in [-0.15, -0.1) is 0 Å². The van der Waals surface area contributed by atoms with E-state index in [1.54, 1.807) is 0 Å². The first-order valence-electron chi connectivity index (χ1n) is 6.42. The van der Waals surface area contributed by atoms with Gasteiger partial charge in [-0.3, -0.25) is 10.1 Å². The van der Waals surface area contributed by atoms with Gasteiger partial charge < -0.3 is 14.8 Å². The minimum absolute atomic E-state index is 0.0534. The molecule has 20 heavy (non-hydrogen) atoms. The minimum atomic E-state index is -0.637. The van der Waals surface area contributed by atoms with Crippen molar-refractivity contribution in [2.75, 3.05) is 19.7 Å². The number of hydrogen-bond donors (Lipinski definition) is 1. The molecule has 0 radical (unpaired) electrons. The molecule has 1 saturated heterocycles.